The van der Waals surface area contributed by atoms with Gasteiger partial charge in [0.2, 0.25) is 0 Å². The molecule has 0 radical (unpaired) electrons. The van der Waals surface area contributed by atoms with Gasteiger partial charge in [-0.25, -0.2) is 0 Å². The highest BCUT2D eigenvalue weighted by atomic mass is 35.5. The number of methoxy groups -OCH3 is 2. The molecule has 0 atom stereocenters. The van der Waals surface area contributed by atoms with Gasteiger partial charge in [0.1, 0.15) is 17.2 Å². The summed E-state index contributed by atoms with van der Waals surface area (Å²) in [5.74, 6) is 0.0350. The number of halogens is 1. The van der Waals surface area contributed by atoms with Crippen LogP contribution in [-0.4, -0.2) is 31.8 Å². The van der Waals surface area contributed by atoms with Crippen molar-refractivity contribution in [3.8, 4) is 11.5 Å². The Hall–Kier alpha value is -5.14. The molecule has 0 bridgehead atoms. The lowest BCUT2D eigenvalue weighted by molar-refractivity contribution is -0.113. The smallest absolute Gasteiger partial charge is 0.272 e. The van der Waals surface area contributed by atoms with Crippen molar-refractivity contribution in [2.75, 3.05) is 19.5 Å². The van der Waals surface area contributed by atoms with Crippen LogP contribution in [0, 0.1) is 0 Å². The second-order valence-corrected chi connectivity index (χ2v) is 9.21. The standard InChI is InChI=1S/C33H27ClN2O5/c1-40-28-16-18-31(41-2)25(21-28)13-17-30(37)23-11-14-27(15-12-23)35-33(39)29(20-22-7-6-10-26(34)19-22)36-32(38)24-8-4-3-5-9-24/h3-21H,1-2H3,(H,35,39)(H,36,38)/b17-13+,29-20-. The number of nitrogens with one attached hydrogen (secondary N) is 2. The maximum atomic E-state index is 13.2. The van der Waals surface area contributed by atoms with Crippen LogP contribution in [0.2, 0.25) is 5.02 Å². The molecule has 0 spiro atoms. The first-order valence-electron chi connectivity index (χ1n) is 12.6. The summed E-state index contributed by atoms with van der Waals surface area (Å²) < 4.78 is 10.6. The molecule has 0 aromatic heterocycles. The Morgan fingerprint density at radius 2 is 1.54 bits per heavy atom. The summed E-state index contributed by atoms with van der Waals surface area (Å²) >= 11 is 6.10. The van der Waals surface area contributed by atoms with Crippen molar-refractivity contribution in [3.05, 3.63) is 136 Å². The van der Waals surface area contributed by atoms with E-state index in [1.165, 1.54) is 12.2 Å². The Morgan fingerprint density at radius 3 is 2.22 bits per heavy atom. The largest absolute Gasteiger partial charge is 0.497 e. The second-order valence-electron chi connectivity index (χ2n) is 8.77. The average Bonchev–Trinajstić information content (AvgIpc) is 3.00. The molecule has 0 aliphatic carbocycles. The molecule has 4 aromatic rings. The third-order valence-electron chi connectivity index (χ3n) is 5.97. The van der Waals surface area contributed by atoms with Gasteiger partial charge in [0, 0.05) is 27.4 Å². The summed E-state index contributed by atoms with van der Waals surface area (Å²) in [5, 5.41) is 5.95. The zero-order valence-corrected chi connectivity index (χ0v) is 23.1. The minimum Gasteiger partial charge on any atom is -0.497 e. The van der Waals surface area contributed by atoms with Crippen molar-refractivity contribution in [1.82, 2.24) is 5.32 Å². The fourth-order valence-electron chi connectivity index (χ4n) is 3.85. The Bertz CT molecular complexity index is 1610. The minimum absolute atomic E-state index is 0.0245. The van der Waals surface area contributed by atoms with E-state index in [0.717, 1.165) is 0 Å². The molecule has 2 N–H and O–H groups in total. The highest BCUT2D eigenvalue weighted by molar-refractivity contribution is 6.30. The number of allylic oxidation sites excluding steroid dienone is 1. The number of ether oxygens (including phenoxy) is 2. The van der Waals surface area contributed by atoms with Crippen LogP contribution < -0.4 is 20.1 Å². The average molecular weight is 567 g/mol. The summed E-state index contributed by atoms with van der Waals surface area (Å²) in [7, 11) is 3.12. The van der Waals surface area contributed by atoms with E-state index in [1.807, 2.05) is 0 Å². The van der Waals surface area contributed by atoms with Crippen molar-refractivity contribution in [3.63, 3.8) is 0 Å². The van der Waals surface area contributed by atoms with Crippen molar-refractivity contribution in [2.45, 2.75) is 0 Å². The predicted molar refractivity (Wildman–Crippen MR) is 161 cm³/mol. The molecule has 2 amide bonds. The fraction of sp³-hybridized carbons (Fsp3) is 0.0606. The molecule has 8 heteroatoms. The van der Waals surface area contributed by atoms with Crippen LogP contribution in [0.4, 0.5) is 5.69 Å². The van der Waals surface area contributed by atoms with Crippen LogP contribution in [0.1, 0.15) is 31.8 Å². The van der Waals surface area contributed by atoms with Crippen LogP contribution in [0.25, 0.3) is 12.2 Å². The third-order valence-corrected chi connectivity index (χ3v) is 6.20. The van der Waals surface area contributed by atoms with Gasteiger partial charge in [0.15, 0.2) is 5.78 Å². The Labute approximate surface area is 243 Å². The number of carbonyl (C=O) groups is 3. The number of hydrogen-bond donors (Lipinski definition) is 2. The van der Waals surface area contributed by atoms with Crippen LogP contribution in [-0.2, 0) is 4.79 Å². The molecular formula is C33H27ClN2O5. The topological polar surface area (TPSA) is 93.7 Å². The number of benzene rings is 4. The van der Waals surface area contributed by atoms with E-state index in [0.29, 0.717) is 44.5 Å². The van der Waals surface area contributed by atoms with Gasteiger partial charge >= 0.3 is 0 Å². The van der Waals surface area contributed by atoms with Gasteiger partial charge in [-0.2, -0.15) is 0 Å². The molecule has 7 nitrogen and oxygen atoms in total. The zero-order valence-electron chi connectivity index (χ0n) is 22.4. The van der Waals surface area contributed by atoms with Crippen LogP contribution in [0.15, 0.2) is 109 Å². The number of amides is 2. The Balaban J connectivity index is 1.50. The SMILES string of the molecule is COc1ccc(OC)c(/C=C/C(=O)c2ccc(NC(=O)/C(=C/c3cccc(Cl)c3)NC(=O)c3ccccc3)cc2)c1. The van der Waals surface area contributed by atoms with E-state index in [4.69, 9.17) is 21.1 Å². The van der Waals surface area contributed by atoms with Crippen LogP contribution >= 0.6 is 11.6 Å². The van der Waals surface area contributed by atoms with Crippen molar-refractivity contribution < 1.29 is 23.9 Å². The van der Waals surface area contributed by atoms with Crippen molar-refractivity contribution in [1.29, 1.82) is 0 Å². The number of hydrogen-bond acceptors (Lipinski definition) is 5. The molecule has 206 valence electrons. The highest BCUT2D eigenvalue weighted by Gasteiger charge is 2.15. The van der Waals surface area contributed by atoms with E-state index >= 15 is 0 Å². The molecule has 0 saturated carbocycles. The molecule has 4 rings (SSSR count). The summed E-state index contributed by atoms with van der Waals surface area (Å²) in [6, 6.07) is 27.2. The number of carbonyl (C=O) groups excluding carboxylic acids is 3. The van der Waals surface area contributed by atoms with Gasteiger partial charge in [0.25, 0.3) is 11.8 Å². The van der Waals surface area contributed by atoms with Crippen molar-refractivity contribution in [2.24, 2.45) is 0 Å². The first-order chi connectivity index (χ1) is 19.9. The number of rotatable bonds is 10. The molecule has 0 fully saturated rings. The molecule has 0 unspecified atom stereocenters. The quantitative estimate of drug-likeness (QED) is 0.165. The van der Waals surface area contributed by atoms with Gasteiger partial charge in [0.05, 0.1) is 14.2 Å². The summed E-state index contributed by atoms with van der Waals surface area (Å²) in [5.41, 5.74) is 2.62. The fourth-order valence-corrected chi connectivity index (χ4v) is 4.05. The van der Waals surface area contributed by atoms with Crippen LogP contribution in [0.3, 0.4) is 0 Å². The molecule has 41 heavy (non-hydrogen) atoms. The maximum Gasteiger partial charge on any atom is 0.272 e. The van der Waals surface area contributed by atoms with Crippen LogP contribution in [0.5, 0.6) is 11.5 Å². The van der Waals surface area contributed by atoms with E-state index in [9.17, 15) is 14.4 Å². The Kier molecular flexibility index (Phi) is 9.70. The number of ketones is 1. The lowest BCUT2D eigenvalue weighted by atomic mass is 10.1. The molecule has 0 saturated heterocycles. The predicted octanol–water partition coefficient (Wildman–Crippen LogP) is 6.66. The lowest BCUT2D eigenvalue weighted by Crippen LogP contribution is -2.30. The Morgan fingerprint density at radius 1 is 0.780 bits per heavy atom. The molecular weight excluding hydrogens is 540 g/mol. The van der Waals surface area contributed by atoms with E-state index in [1.54, 1.807) is 117 Å². The minimum atomic E-state index is -0.543. The third kappa shape index (κ3) is 7.94. The first-order valence-corrected chi connectivity index (χ1v) is 12.9. The second kappa shape index (κ2) is 13.8. The molecule has 0 heterocycles. The summed E-state index contributed by atoms with van der Waals surface area (Å²) in [6.07, 6.45) is 4.63. The lowest BCUT2D eigenvalue weighted by Gasteiger charge is -2.12. The highest BCUT2D eigenvalue weighted by Crippen LogP contribution is 2.25. The normalized spacial score (nSPS) is 11.1. The van der Waals surface area contributed by atoms with Gasteiger partial charge < -0.3 is 20.1 Å². The van der Waals surface area contributed by atoms with E-state index in [-0.39, 0.29) is 11.5 Å². The molecule has 4 aromatic carbocycles. The van der Waals surface area contributed by atoms with E-state index < -0.39 is 11.8 Å². The van der Waals surface area contributed by atoms with Gasteiger partial charge in [-0.1, -0.05) is 41.9 Å². The number of anilines is 1. The van der Waals surface area contributed by atoms with Crippen molar-refractivity contribution >= 4 is 47.0 Å². The van der Waals surface area contributed by atoms with Gasteiger partial charge in [-0.05, 0) is 90.5 Å². The summed E-state index contributed by atoms with van der Waals surface area (Å²) in [4.78, 5) is 38.8. The van der Waals surface area contributed by atoms with Gasteiger partial charge in [-0.3, -0.25) is 14.4 Å². The zero-order chi connectivity index (χ0) is 29.2. The first kappa shape index (κ1) is 28.9. The summed E-state index contributed by atoms with van der Waals surface area (Å²) in [6.45, 7) is 0. The maximum absolute atomic E-state index is 13.2. The van der Waals surface area contributed by atoms with E-state index in [2.05, 4.69) is 10.6 Å². The molecule has 0 aliphatic heterocycles. The monoisotopic (exact) mass is 566 g/mol. The van der Waals surface area contributed by atoms with Gasteiger partial charge in [-0.15, -0.1) is 0 Å². The molecule has 0 aliphatic rings.